The van der Waals surface area contributed by atoms with Crippen molar-refractivity contribution >= 4 is 35.0 Å². The zero-order chi connectivity index (χ0) is 19.2. The van der Waals surface area contributed by atoms with Crippen LogP contribution in [-0.2, 0) is 4.79 Å². The van der Waals surface area contributed by atoms with Gasteiger partial charge in [-0.15, -0.1) is 12.4 Å². The van der Waals surface area contributed by atoms with E-state index >= 15 is 0 Å². The number of anilines is 1. The van der Waals surface area contributed by atoms with Crippen molar-refractivity contribution < 1.29 is 23.4 Å². The number of methoxy groups -OCH3 is 2. The first-order valence-electron chi connectivity index (χ1n) is 9.43. The number of fused-ring (bicyclic) bond motifs is 1. The van der Waals surface area contributed by atoms with Crippen LogP contribution in [0.15, 0.2) is 16.7 Å². The Bertz CT molecular complexity index is 784. The van der Waals surface area contributed by atoms with Gasteiger partial charge in [0, 0.05) is 13.5 Å². The summed E-state index contributed by atoms with van der Waals surface area (Å²) in [4.78, 5) is 14.2. The van der Waals surface area contributed by atoms with Gasteiger partial charge in [0.2, 0.25) is 11.7 Å². The number of nitrogens with one attached hydrogen (secondary N) is 1. The molecule has 3 rings (SSSR count). The molecule has 1 fully saturated rings. The highest BCUT2D eigenvalue weighted by Crippen LogP contribution is 2.49. The van der Waals surface area contributed by atoms with E-state index < -0.39 is 0 Å². The van der Waals surface area contributed by atoms with Crippen molar-refractivity contribution in [2.45, 2.75) is 32.6 Å². The average Bonchev–Trinajstić information content (AvgIpc) is 2.97. The van der Waals surface area contributed by atoms with Gasteiger partial charge in [-0.1, -0.05) is 12.8 Å². The van der Waals surface area contributed by atoms with E-state index in [1.807, 2.05) is 0 Å². The number of halogens is 1. The third kappa shape index (κ3) is 4.83. The lowest BCUT2D eigenvalue weighted by Crippen LogP contribution is -2.29. The van der Waals surface area contributed by atoms with Crippen molar-refractivity contribution in [3.05, 3.63) is 12.3 Å². The summed E-state index contributed by atoms with van der Waals surface area (Å²) in [6.07, 6.45) is 6.61. The lowest BCUT2D eigenvalue weighted by Gasteiger charge is -2.22. The third-order valence-corrected chi connectivity index (χ3v) is 4.84. The molecule has 8 heteroatoms. The number of hydrogen-bond donors (Lipinski definition) is 1. The fourth-order valence-corrected chi connectivity index (χ4v) is 3.58. The standard InChI is InChI=1S/C20H28N2O5.ClH/c1-14(23)21-16-17(24-2)15-8-12-26-18(15)20(25-3)19(16)27-13-11-22-9-6-4-5-7-10-22;/h8,12H,4-7,9-11,13H2,1-3H3,(H,21,23);1H. The van der Waals surface area contributed by atoms with Gasteiger partial charge < -0.3 is 23.9 Å². The third-order valence-electron chi connectivity index (χ3n) is 4.84. The number of hydrogen-bond acceptors (Lipinski definition) is 6. The summed E-state index contributed by atoms with van der Waals surface area (Å²) in [6.45, 7) is 4.95. The predicted molar refractivity (Wildman–Crippen MR) is 111 cm³/mol. The molecule has 156 valence electrons. The summed E-state index contributed by atoms with van der Waals surface area (Å²) in [5.74, 6) is 1.17. The number of benzene rings is 1. The molecule has 0 aliphatic carbocycles. The molecule has 1 aromatic heterocycles. The quantitative estimate of drug-likeness (QED) is 0.738. The monoisotopic (exact) mass is 412 g/mol. The normalized spacial score (nSPS) is 14.8. The number of carbonyl (C=O) groups excluding carboxylic acids is 1. The fourth-order valence-electron chi connectivity index (χ4n) is 3.58. The first kappa shape index (κ1) is 22.2. The highest BCUT2D eigenvalue weighted by atomic mass is 35.5. The van der Waals surface area contributed by atoms with Crippen LogP contribution in [0.25, 0.3) is 11.0 Å². The smallest absolute Gasteiger partial charge is 0.221 e. The summed E-state index contributed by atoms with van der Waals surface area (Å²) in [7, 11) is 3.11. The Balaban J connectivity index is 0.00000280. The summed E-state index contributed by atoms with van der Waals surface area (Å²) >= 11 is 0. The second kappa shape index (κ2) is 10.4. The second-order valence-electron chi connectivity index (χ2n) is 6.72. The SMILES string of the molecule is COc1c(NC(C)=O)c(OCCN2CCCCCC2)c(OC)c2occc12.Cl. The summed E-state index contributed by atoms with van der Waals surface area (Å²) in [5.41, 5.74) is 1.000. The van der Waals surface area contributed by atoms with E-state index in [1.54, 1.807) is 26.5 Å². The van der Waals surface area contributed by atoms with Crippen molar-refractivity contribution in [1.29, 1.82) is 0 Å². The van der Waals surface area contributed by atoms with E-state index in [-0.39, 0.29) is 18.3 Å². The number of amides is 1. The minimum atomic E-state index is -0.212. The van der Waals surface area contributed by atoms with Crippen molar-refractivity contribution in [2.24, 2.45) is 0 Å². The number of furan rings is 1. The molecule has 2 aromatic rings. The van der Waals surface area contributed by atoms with Crippen LogP contribution in [0.1, 0.15) is 32.6 Å². The molecular formula is C20H29ClN2O5. The molecule has 1 N–H and O–H groups in total. The van der Waals surface area contributed by atoms with Gasteiger partial charge in [0.15, 0.2) is 17.1 Å². The number of nitrogens with zero attached hydrogens (tertiary/aromatic N) is 1. The topological polar surface area (TPSA) is 73.2 Å². The molecule has 0 spiro atoms. The maximum absolute atomic E-state index is 11.8. The molecule has 1 amide bonds. The highest BCUT2D eigenvalue weighted by molar-refractivity contribution is 6.03. The summed E-state index contributed by atoms with van der Waals surface area (Å²) in [6, 6.07) is 1.78. The Morgan fingerprint density at radius 2 is 1.79 bits per heavy atom. The fraction of sp³-hybridized carbons (Fsp3) is 0.550. The van der Waals surface area contributed by atoms with Crippen LogP contribution in [0.3, 0.4) is 0 Å². The molecule has 7 nitrogen and oxygen atoms in total. The summed E-state index contributed by atoms with van der Waals surface area (Å²) in [5, 5.41) is 3.54. The highest BCUT2D eigenvalue weighted by Gasteiger charge is 2.25. The van der Waals surface area contributed by atoms with Crippen LogP contribution in [0.2, 0.25) is 0 Å². The Labute approximate surface area is 171 Å². The van der Waals surface area contributed by atoms with Gasteiger partial charge in [0.05, 0.1) is 25.9 Å². The zero-order valence-corrected chi connectivity index (χ0v) is 17.5. The number of likely N-dealkylation sites (tertiary alicyclic amines) is 1. The van der Waals surface area contributed by atoms with E-state index in [0.717, 1.165) is 25.0 Å². The van der Waals surface area contributed by atoms with Gasteiger partial charge in [0.1, 0.15) is 12.3 Å². The maximum Gasteiger partial charge on any atom is 0.221 e. The van der Waals surface area contributed by atoms with Gasteiger partial charge in [-0.25, -0.2) is 0 Å². The number of carbonyl (C=O) groups is 1. The van der Waals surface area contributed by atoms with Crippen molar-refractivity contribution in [3.8, 4) is 17.2 Å². The number of ether oxygens (including phenoxy) is 3. The van der Waals surface area contributed by atoms with E-state index in [0.29, 0.717) is 35.1 Å². The molecule has 1 aromatic carbocycles. The van der Waals surface area contributed by atoms with Gasteiger partial charge in [-0.3, -0.25) is 9.69 Å². The van der Waals surface area contributed by atoms with Gasteiger partial charge in [-0.05, 0) is 32.0 Å². The lowest BCUT2D eigenvalue weighted by molar-refractivity contribution is -0.114. The molecular weight excluding hydrogens is 384 g/mol. The minimum Gasteiger partial charge on any atom is -0.494 e. The first-order chi connectivity index (χ1) is 13.2. The molecule has 1 saturated heterocycles. The van der Waals surface area contributed by atoms with Crippen molar-refractivity contribution in [3.63, 3.8) is 0 Å². The Morgan fingerprint density at radius 3 is 2.39 bits per heavy atom. The molecule has 28 heavy (non-hydrogen) atoms. The molecule has 0 radical (unpaired) electrons. The minimum absolute atomic E-state index is 0. The lowest BCUT2D eigenvalue weighted by atomic mass is 10.1. The van der Waals surface area contributed by atoms with E-state index in [4.69, 9.17) is 18.6 Å². The van der Waals surface area contributed by atoms with Crippen LogP contribution >= 0.6 is 12.4 Å². The molecule has 0 bridgehead atoms. The van der Waals surface area contributed by atoms with Gasteiger partial charge >= 0.3 is 0 Å². The van der Waals surface area contributed by atoms with Crippen LogP contribution in [-0.4, -0.2) is 51.3 Å². The maximum atomic E-state index is 11.8. The van der Waals surface area contributed by atoms with Crippen LogP contribution in [0.4, 0.5) is 5.69 Å². The van der Waals surface area contributed by atoms with Crippen molar-refractivity contribution in [1.82, 2.24) is 4.90 Å². The Morgan fingerprint density at radius 1 is 1.11 bits per heavy atom. The second-order valence-corrected chi connectivity index (χ2v) is 6.72. The van der Waals surface area contributed by atoms with Crippen LogP contribution < -0.4 is 19.5 Å². The van der Waals surface area contributed by atoms with Gasteiger partial charge in [-0.2, -0.15) is 0 Å². The van der Waals surface area contributed by atoms with E-state index in [1.165, 1.54) is 32.6 Å². The molecule has 2 heterocycles. The number of rotatable bonds is 7. The average molecular weight is 413 g/mol. The molecule has 0 unspecified atom stereocenters. The van der Waals surface area contributed by atoms with Crippen LogP contribution in [0, 0.1) is 0 Å². The Kier molecular flexibility index (Phi) is 8.26. The first-order valence-corrected chi connectivity index (χ1v) is 9.43. The summed E-state index contributed by atoms with van der Waals surface area (Å²) < 4.78 is 22.8. The van der Waals surface area contributed by atoms with Crippen molar-refractivity contribution in [2.75, 3.05) is 45.8 Å². The molecule has 1 aliphatic heterocycles. The van der Waals surface area contributed by atoms with Crippen LogP contribution in [0.5, 0.6) is 17.2 Å². The zero-order valence-electron chi connectivity index (χ0n) is 16.7. The van der Waals surface area contributed by atoms with Gasteiger partial charge in [0.25, 0.3) is 0 Å². The van der Waals surface area contributed by atoms with E-state index in [9.17, 15) is 4.79 Å². The molecule has 0 saturated carbocycles. The Hall–Kier alpha value is -2.12. The predicted octanol–water partition coefficient (Wildman–Crippen LogP) is 4.09. The van der Waals surface area contributed by atoms with E-state index in [2.05, 4.69) is 10.2 Å². The molecule has 1 aliphatic rings. The molecule has 0 atom stereocenters. The largest absolute Gasteiger partial charge is 0.494 e.